The summed E-state index contributed by atoms with van der Waals surface area (Å²) in [6.07, 6.45) is 7.16. The van der Waals surface area contributed by atoms with Crippen LogP contribution in [0.25, 0.3) is 0 Å². The predicted molar refractivity (Wildman–Crippen MR) is 82.8 cm³/mol. The minimum Gasteiger partial charge on any atom is -0.360 e. The van der Waals surface area contributed by atoms with Crippen molar-refractivity contribution in [3.63, 3.8) is 0 Å². The largest absolute Gasteiger partial charge is 0.360 e. The quantitative estimate of drug-likeness (QED) is 0.861. The maximum atomic E-state index is 12.5. The van der Waals surface area contributed by atoms with E-state index in [2.05, 4.69) is 17.0 Å². The van der Waals surface area contributed by atoms with Gasteiger partial charge in [0.15, 0.2) is 5.69 Å². The molecular weight excluding hydrogens is 278 g/mol. The molecule has 0 aromatic carbocycles. The molecule has 1 atom stereocenters. The molecule has 1 aromatic heterocycles. The zero-order chi connectivity index (χ0) is 15.1. The number of aromatic nitrogens is 1. The van der Waals surface area contributed by atoms with Crippen LogP contribution in [-0.4, -0.2) is 52.6 Å². The van der Waals surface area contributed by atoms with Gasteiger partial charge in [0.25, 0.3) is 5.91 Å². The number of carbonyl (C=O) groups excluding carboxylic acids is 1. The maximum absolute atomic E-state index is 12.5. The van der Waals surface area contributed by atoms with Crippen LogP contribution in [0, 0.1) is 0 Å². The van der Waals surface area contributed by atoms with Crippen LogP contribution in [0.3, 0.4) is 0 Å². The van der Waals surface area contributed by atoms with Gasteiger partial charge in [-0.3, -0.25) is 9.69 Å². The second kappa shape index (κ2) is 5.69. The average Bonchev–Trinajstić information content (AvgIpc) is 3.12. The van der Waals surface area contributed by atoms with Crippen LogP contribution < -0.4 is 0 Å². The number of amides is 1. The van der Waals surface area contributed by atoms with Gasteiger partial charge in [0, 0.05) is 37.2 Å². The minimum absolute atomic E-state index is 0.0450. The SMILES string of the molecule is C[C@@H]1CCCN1C1CCN(C(=O)c2cc(C3CC3)on2)CC1. The molecule has 0 bridgehead atoms. The molecule has 2 saturated heterocycles. The maximum Gasteiger partial charge on any atom is 0.276 e. The van der Waals surface area contributed by atoms with Gasteiger partial charge in [-0.1, -0.05) is 5.16 Å². The monoisotopic (exact) mass is 303 g/mol. The van der Waals surface area contributed by atoms with E-state index in [0.29, 0.717) is 23.7 Å². The number of piperidine rings is 1. The first kappa shape index (κ1) is 14.2. The van der Waals surface area contributed by atoms with Crippen LogP contribution in [0.2, 0.25) is 0 Å². The Morgan fingerprint density at radius 2 is 1.95 bits per heavy atom. The van der Waals surface area contributed by atoms with E-state index in [1.54, 1.807) is 0 Å². The fourth-order valence-corrected chi connectivity index (χ4v) is 4.01. The Bertz CT molecular complexity index is 544. The number of nitrogens with zero attached hydrogens (tertiary/aromatic N) is 3. The van der Waals surface area contributed by atoms with Crippen molar-refractivity contribution < 1.29 is 9.32 Å². The summed E-state index contributed by atoms with van der Waals surface area (Å²) in [4.78, 5) is 17.1. The fourth-order valence-electron chi connectivity index (χ4n) is 4.01. The van der Waals surface area contributed by atoms with Gasteiger partial charge >= 0.3 is 0 Å². The first-order chi connectivity index (χ1) is 10.7. The van der Waals surface area contributed by atoms with Crippen molar-refractivity contribution in [1.82, 2.24) is 15.0 Å². The highest BCUT2D eigenvalue weighted by Crippen LogP contribution is 2.40. The highest BCUT2D eigenvalue weighted by Gasteiger charge is 2.33. The third kappa shape index (κ3) is 2.67. The molecule has 3 heterocycles. The molecule has 4 rings (SSSR count). The van der Waals surface area contributed by atoms with E-state index in [0.717, 1.165) is 31.7 Å². The van der Waals surface area contributed by atoms with Crippen molar-refractivity contribution in [3.8, 4) is 0 Å². The Kier molecular flexibility index (Phi) is 3.68. The smallest absolute Gasteiger partial charge is 0.276 e. The normalized spacial score (nSPS) is 27.5. The van der Waals surface area contributed by atoms with E-state index in [1.807, 2.05) is 11.0 Å². The molecule has 1 amide bonds. The lowest BCUT2D eigenvalue weighted by molar-refractivity contribution is 0.0601. The number of rotatable bonds is 3. The summed E-state index contributed by atoms with van der Waals surface area (Å²) in [5.41, 5.74) is 0.495. The van der Waals surface area contributed by atoms with E-state index < -0.39 is 0 Å². The zero-order valence-electron chi connectivity index (χ0n) is 13.3. The molecular formula is C17H25N3O2. The second-order valence-corrected chi connectivity index (χ2v) is 7.14. The summed E-state index contributed by atoms with van der Waals surface area (Å²) < 4.78 is 5.31. The van der Waals surface area contributed by atoms with E-state index in [-0.39, 0.29) is 5.91 Å². The Morgan fingerprint density at radius 1 is 1.18 bits per heavy atom. The van der Waals surface area contributed by atoms with Crippen molar-refractivity contribution in [2.75, 3.05) is 19.6 Å². The van der Waals surface area contributed by atoms with Gasteiger partial charge in [-0.15, -0.1) is 0 Å². The Hall–Kier alpha value is -1.36. The van der Waals surface area contributed by atoms with E-state index in [4.69, 9.17) is 4.52 Å². The van der Waals surface area contributed by atoms with Crippen LogP contribution in [0.4, 0.5) is 0 Å². The minimum atomic E-state index is 0.0450. The standard InChI is InChI=1S/C17H25N3O2/c1-12-3-2-8-20(12)14-6-9-19(10-7-14)17(21)15-11-16(22-18-15)13-4-5-13/h11-14H,2-10H2,1H3/t12-/m1/s1. The molecule has 0 radical (unpaired) electrons. The van der Waals surface area contributed by atoms with Crippen molar-refractivity contribution >= 4 is 5.91 Å². The van der Waals surface area contributed by atoms with E-state index in [1.165, 1.54) is 32.2 Å². The number of hydrogen-bond acceptors (Lipinski definition) is 4. The molecule has 5 nitrogen and oxygen atoms in total. The van der Waals surface area contributed by atoms with Gasteiger partial charge in [0.2, 0.25) is 0 Å². The third-order valence-electron chi connectivity index (χ3n) is 5.55. The lowest BCUT2D eigenvalue weighted by Crippen LogP contribution is -2.47. The fraction of sp³-hybridized carbons (Fsp3) is 0.765. The van der Waals surface area contributed by atoms with Crippen LogP contribution in [0.15, 0.2) is 10.6 Å². The van der Waals surface area contributed by atoms with Crippen molar-refractivity contribution in [3.05, 3.63) is 17.5 Å². The summed E-state index contributed by atoms with van der Waals surface area (Å²) in [5.74, 6) is 1.45. The van der Waals surface area contributed by atoms with Crippen LogP contribution >= 0.6 is 0 Å². The van der Waals surface area contributed by atoms with Crippen LogP contribution in [-0.2, 0) is 0 Å². The second-order valence-electron chi connectivity index (χ2n) is 7.14. The van der Waals surface area contributed by atoms with Gasteiger partial charge in [0.05, 0.1) is 0 Å². The number of likely N-dealkylation sites (tertiary alicyclic amines) is 2. The molecule has 0 spiro atoms. The summed E-state index contributed by atoms with van der Waals surface area (Å²) in [5, 5.41) is 3.98. The van der Waals surface area contributed by atoms with E-state index >= 15 is 0 Å². The summed E-state index contributed by atoms with van der Waals surface area (Å²) >= 11 is 0. The van der Waals surface area contributed by atoms with E-state index in [9.17, 15) is 4.79 Å². The highest BCUT2D eigenvalue weighted by atomic mass is 16.5. The first-order valence-electron chi connectivity index (χ1n) is 8.74. The molecule has 1 aromatic rings. The highest BCUT2D eigenvalue weighted by molar-refractivity contribution is 5.92. The molecule has 3 aliphatic rings. The van der Waals surface area contributed by atoms with Crippen molar-refractivity contribution in [1.29, 1.82) is 0 Å². The average molecular weight is 303 g/mol. The summed E-state index contributed by atoms with van der Waals surface area (Å²) in [6.45, 7) is 5.25. The molecule has 0 N–H and O–H groups in total. The van der Waals surface area contributed by atoms with Crippen LogP contribution in [0.1, 0.15) is 67.6 Å². The van der Waals surface area contributed by atoms with Gasteiger partial charge in [-0.05, 0) is 52.0 Å². The molecule has 3 fully saturated rings. The molecule has 1 saturated carbocycles. The van der Waals surface area contributed by atoms with Crippen molar-refractivity contribution in [2.45, 2.75) is 63.5 Å². The first-order valence-corrected chi connectivity index (χ1v) is 8.74. The lowest BCUT2D eigenvalue weighted by atomic mass is 10.0. The molecule has 5 heteroatoms. The predicted octanol–water partition coefficient (Wildman–Crippen LogP) is 2.64. The Morgan fingerprint density at radius 3 is 2.59 bits per heavy atom. The zero-order valence-corrected chi connectivity index (χ0v) is 13.3. The molecule has 22 heavy (non-hydrogen) atoms. The van der Waals surface area contributed by atoms with Crippen LogP contribution in [0.5, 0.6) is 0 Å². The van der Waals surface area contributed by atoms with Gasteiger partial charge in [0.1, 0.15) is 5.76 Å². The molecule has 2 aliphatic heterocycles. The topological polar surface area (TPSA) is 49.6 Å². The number of hydrogen-bond donors (Lipinski definition) is 0. The number of carbonyl (C=O) groups is 1. The third-order valence-corrected chi connectivity index (χ3v) is 5.55. The Labute approximate surface area is 131 Å². The van der Waals surface area contributed by atoms with Gasteiger partial charge in [-0.25, -0.2) is 0 Å². The molecule has 120 valence electrons. The molecule has 1 aliphatic carbocycles. The van der Waals surface area contributed by atoms with Gasteiger partial charge in [-0.2, -0.15) is 0 Å². The lowest BCUT2D eigenvalue weighted by Gasteiger charge is -2.38. The molecule has 0 unspecified atom stereocenters. The summed E-state index contributed by atoms with van der Waals surface area (Å²) in [6, 6.07) is 3.22. The summed E-state index contributed by atoms with van der Waals surface area (Å²) in [7, 11) is 0. The van der Waals surface area contributed by atoms with Crippen molar-refractivity contribution in [2.24, 2.45) is 0 Å². The Balaban J connectivity index is 1.35. The van der Waals surface area contributed by atoms with Gasteiger partial charge < -0.3 is 9.42 Å².